The zero-order valence-corrected chi connectivity index (χ0v) is 14.3. The number of carbonyl (C=O) groups is 1. The molecule has 1 N–H and O–H groups in total. The van der Waals surface area contributed by atoms with Crippen LogP contribution >= 0.6 is 0 Å². The van der Waals surface area contributed by atoms with Crippen LogP contribution in [0.1, 0.15) is 11.4 Å². The van der Waals surface area contributed by atoms with Gasteiger partial charge in [0.15, 0.2) is 6.61 Å². The number of imidazole rings is 1. The SMILES string of the molecule is Cc1nc2cc(CCNC(=O)COc3cccc(F)c3)ccc2n1C. The largest absolute Gasteiger partial charge is 0.484 e. The van der Waals surface area contributed by atoms with Crippen molar-refractivity contribution in [2.45, 2.75) is 13.3 Å². The highest BCUT2D eigenvalue weighted by molar-refractivity contribution is 5.78. The van der Waals surface area contributed by atoms with Gasteiger partial charge in [-0.3, -0.25) is 4.79 Å². The lowest BCUT2D eigenvalue weighted by atomic mass is 10.1. The maximum absolute atomic E-state index is 13.0. The summed E-state index contributed by atoms with van der Waals surface area (Å²) in [6.45, 7) is 2.34. The first-order valence-corrected chi connectivity index (χ1v) is 8.10. The minimum atomic E-state index is -0.391. The summed E-state index contributed by atoms with van der Waals surface area (Å²) in [5, 5.41) is 2.80. The molecule has 0 spiro atoms. The molecule has 6 heteroatoms. The van der Waals surface area contributed by atoms with Gasteiger partial charge in [-0.2, -0.15) is 0 Å². The van der Waals surface area contributed by atoms with Gasteiger partial charge < -0.3 is 14.6 Å². The molecule has 0 saturated carbocycles. The summed E-state index contributed by atoms with van der Waals surface area (Å²) >= 11 is 0. The molecule has 0 aliphatic rings. The van der Waals surface area contributed by atoms with E-state index < -0.39 is 5.82 Å². The summed E-state index contributed by atoms with van der Waals surface area (Å²) in [5.74, 6) is 0.679. The number of amides is 1. The van der Waals surface area contributed by atoms with Crippen LogP contribution in [0.5, 0.6) is 5.75 Å². The van der Waals surface area contributed by atoms with Crippen LogP contribution in [-0.4, -0.2) is 28.6 Å². The smallest absolute Gasteiger partial charge is 0.257 e. The number of nitrogens with zero attached hydrogens (tertiary/aromatic N) is 2. The van der Waals surface area contributed by atoms with Gasteiger partial charge >= 0.3 is 0 Å². The molecule has 0 bridgehead atoms. The Hall–Kier alpha value is -2.89. The molecule has 0 aliphatic carbocycles. The Morgan fingerprint density at radius 3 is 2.92 bits per heavy atom. The standard InChI is InChI=1S/C19H20FN3O2/c1-13-22-17-10-14(6-7-18(17)23(13)2)8-9-21-19(24)12-25-16-5-3-4-15(20)11-16/h3-7,10-11H,8-9,12H2,1-2H3,(H,21,24). The van der Waals surface area contributed by atoms with E-state index >= 15 is 0 Å². The van der Waals surface area contributed by atoms with Gasteiger partial charge in [-0.1, -0.05) is 12.1 Å². The number of benzene rings is 2. The molecule has 0 fully saturated rings. The van der Waals surface area contributed by atoms with Gasteiger partial charge in [0.1, 0.15) is 17.4 Å². The monoisotopic (exact) mass is 341 g/mol. The lowest BCUT2D eigenvalue weighted by molar-refractivity contribution is -0.123. The minimum Gasteiger partial charge on any atom is -0.484 e. The van der Waals surface area contributed by atoms with E-state index in [-0.39, 0.29) is 12.5 Å². The van der Waals surface area contributed by atoms with E-state index in [1.165, 1.54) is 18.2 Å². The highest BCUT2D eigenvalue weighted by Crippen LogP contribution is 2.16. The van der Waals surface area contributed by atoms with Gasteiger partial charge in [-0.05, 0) is 43.2 Å². The fourth-order valence-electron chi connectivity index (χ4n) is 2.62. The van der Waals surface area contributed by atoms with Crippen molar-refractivity contribution in [2.24, 2.45) is 7.05 Å². The highest BCUT2D eigenvalue weighted by Gasteiger charge is 2.06. The summed E-state index contributed by atoms with van der Waals surface area (Å²) in [4.78, 5) is 16.3. The summed E-state index contributed by atoms with van der Waals surface area (Å²) in [7, 11) is 1.99. The number of ether oxygens (including phenoxy) is 1. The van der Waals surface area contributed by atoms with Gasteiger partial charge in [0.05, 0.1) is 11.0 Å². The molecule has 0 saturated heterocycles. The molecule has 0 aliphatic heterocycles. The van der Waals surface area contributed by atoms with Crippen LogP contribution in [0.25, 0.3) is 11.0 Å². The van der Waals surface area contributed by atoms with E-state index in [2.05, 4.69) is 10.3 Å². The highest BCUT2D eigenvalue weighted by atomic mass is 19.1. The van der Waals surface area contributed by atoms with Crippen molar-refractivity contribution in [1.29, 1.82) is 0 Å². The number of carbonyl (C=O) groups excluding carboxylic acids is 1. The Kier molecular flexibility index (Phi) is 4.97. The van der Waals surface area contributed by atoms with Crippen LogP contribution in [0.3, 0.4) is 0 Å². The molecule has 5 nitrogen and oxygen atoms in total. The topological polar surface area (TPSA) is 56.1 Å². The van der Waals surface area contributed by atoms with E-state index in [4.69, 9.17) is 4.74 Å². The number of aromatic nitrogens is 2. The zero-order valence-electron chi connectivity index (χ0n) is 14.3. The predicted octanol–water partition coefficient (Wildman–Crippen LogP) is 2.76. The van der Waals surface area contributed by atoms with Crippen LogP contribution < -0.4 is 10.1 Å². The van der Waals surface area contributed by atoms with Crippen molar-refractivity contribution in [3.8, 4) is 5.75 Å². The second kappa shape index (κ2) is 7.34. The van der Waals surface area contributed by atoms with E-state index in [1.807, 2.05) is 36.7 Å². The van der Waals surface area contributed by atoms with Crippen LogP contribution in [-0.2, 0) is 18.3 Å². The van der Waals surface area contributed by atoms with E-state index in [9.17, 15) is 9.18 Å². The average molecular weight is 341 g/mol. The number of aryl methyl sites for hydroxylation is 2. The second-order valence-corrected chi connectivity index (χ2v) is 5.89. The zero-order chi connectivity index (χ0) is 17.8. The first-order chi connectivity index (χ1) is 12.0. The van der Waals surface area contributed by atoms with Crippen LogP contribution in [0.15, 0.2) is 42.5 Å². The third-order valence-corrected chi connectivity index (χ3v) is 4.07. The van der Waals surface area contributed by atoms with Gasteiger partial charge in [0.25, 0.3) is 5.91 Å². The first kappa shape index (κ1) is 17.0. The number of nitrogens with one attached hydrogen (secondary N) is 1. The normalized spacial score (nSPS) is 10.8. The van der Waals surface area contributed by atoms with Crippen molar-refractivity contribution in [3.05, 3.63) is 59.7 Å². The molecule has 1 aromatic heterocycles. The van der Waals surface area contributed by atoms with E-state index in [0.29, 0.717) is 18.7 Å². The molecular formula is C19H20FN3O2. The summed E-state index contributed by atoms with van der Waals surface area (Å²) < 4.78 is 20.3. The lowest BCUT2D eigenvalue weighted by Crippen LogP contribution is -2.30. The molecule has 0 atom stereocenters. The van der Waals surface area contributed by atoms with Crippen LogP contribution in [0.2, 0.25) is 0 Å². The average Bonchev–Trinajstić information content (AvgIpc) is 2.87. The van der Waals surface area contributed by atoms with Gasteiger partial charge in [0.2, 0.25) is 0 Å². The minimum absolute atomic E-state index is 0.137. The molecule has 3 aromatic rings. The number of hydrogen-bond acceptors (Lipinski definition) is 3. The molecule has 2 aromatic carbocycles. The number of rotatable bonds is 6. The lowest BCUT2D eigenvalue weighted by Gasteiger charge is -2.08. The number of halogens is 1. The predicted molar refractivity (Wildman–Crippen MR) is 94.1 cm³/mol. The van der Waals surface area contributed by atoms with Crippen molar-refractivity contribution < 1.29 is 13.9 Å². The maximum Gasteiger partial charge on any atom is 0.257 e. The Labute approximate surface area is 145 Å². The summed E-state index contributed by atoms with van der Waals surface area (Å²) in [6, 6.07) is 11.8. The fourth-order valence-corrected chi connectivity index (χ4v) is 2.62. The van der Waals surface area contributed by atoms with Crippen LogP contribution in [0.4, 0.5) is 4.39 Å². The van der Waals surface area contributed by atoms with Gasteiger partial charge in [-0.15, -0.1) is 0 Å². The second-order valence-electron chi connectivity index (χ2n) is 5.89. The third kappa shape index (κ3) is 4.15. The first-order valence-electron chi connectivity index (χ1n) is 8.10. The van der Waals surface area contributed by atoms with E-state index in [0.717, 1.165) is 22.4 Å². The number of fused-ring (bicyclic) bond motifs is 1. The quantitative estimate of drug-likeness (QED) is 0.750. The fraction of sp³-hybridized carbons (Fsp3) is 0.263. The molecular weight excluding hydrogens is 321 g/mol. The Morgan fingerprint density at radius 2 is 2.12 bits per heavy atom. The van der Waals surface area contributed by atoms with Gasteiger partial charge in [0, 0.05) is 19.7 Å². The number of hydrogen-bond donors (Lipinski definition) is 1. The van der Waals surface area contributed by atoms with E-state index in [1.54, 1.807) is 6.07 Å². The van der Waals surface area contributed by atoms with Crippen molar-refractivity contribution in [3.63, 3.8) is 0 Å². The molecule has 3 rings (SSSR count). The van der Waals surface area contributed by atoms with Crippen LogP contribution in [0, 0.1) is 12.7 Å². The molecule has 0 unspecified atom stereocenters. The Morgan fingerprint density at radius 1 is 1.28 bits per heavy atom. The molecule has 25 heavy (non-hydrogen) atoms. The van der Waals surface area contributed by atoms with Gasteiger partial charge in [-0.25, -0.2) is 9.37 Å². The molecule has 0 radical (unpaired) electrons. The van der Waals surface area contributed by atoms with Crippen molar-refractivity contribution in [2.75, 3.05) is 13.2 Å². The molecule has 130 valence electrons. The molecule has 1 amide bonds. The summed E-state index contributed by atoms with van der Waals surface area (Å²) in [5.41, 5.74) is 3.16. The van der Waals surface area contributed by atoms with Crippen molar-refractivity contribution in [1.82, 2.24) is 14.9 Å². The maximum atomic E-state index is 13.0. The summed E-state index contributed by atoms with van der Waals surface area (Å²) in [6.07, 6.45) is 0.706. The Balaban J connectivity index is 1.48. The third-order valence-electron chi connectivity index (χ3n) is 4.07. The Bertz CT molecular complexity index is 905. The molecule has 1 heterocycles. The van der Waals surface area contributed by atoms with Crippen molar-refractivity contribution >= 4 is 16.9 Å².